The second-order valence-corrected chi connectivity index (χ2v) is 4.69. The molecule has 1 aromatic heterocycles. The summed E-state index contributed by atoms with van der Waals surface area (Å²) in [5.41, 5.74) is 0.824. The number of aryl methyl sites for hydroxylation is 1. The zero-order valence-corrected chi connectivity index (χ0v) is 11.6. The highest BCUT2D eigenvalue weighted by Crippen LogP contribution is 2.18. The van der Waals surface area contributed by atoms with Gasteiger partial charge in [-0.05, 0) is 42.8 Å². The zero-order valence-electron chi connectivity index (χ0n) is 11.6. The van der Waals surface area contributed by atoms with Crippen LogP contribution in [0.15, 0.2) is 62.5 Å². The van der Waals surface area contributed by atoms with Crippen LogP contribution in [0.1, 0.15) is 5.56 Å². The van der Waals surface area contributed by atoms with Gasteiger partial charge in [0.2, 0.25) is 5.89 Å². The van der Waals surface area contributed by atoms with E-state index in [4.69, 9.17) is 4.42 Å². The first-order valence-corrected chi connectivity index (χ1v) is 6.52. The lowest BCUT2D eigenvalue weighted by Gasteiger charge is -2.06. The van der Waals surface area contributed by atoms with Crippen molar-refractivity contribution in [2.24, 2.45) is 0 Å². The Morgan fingerprint density at radius 2 is 1.73 bits per heavy atom. The van der Waals surface area contributed by atoms with Crippen molar-refractivity contribution in [1.82, 2.24) is 9.55 Å². The molecule has 0 radical (unpaired) electrons. The van der Waals surface area contributed by atoms with Gasteiger partial charge in [0.1, 0.15) is 5.82 Å². The van der Waals surface area contributed by atoms with Crippen LogP contribution in [0.25, 0.3) is 17.1 Å². The summed E-state index contributed by atoms with van der Waals surface area (Å²) in [5.74, 6) is -1.37. The van der Waals surface area contributed by atoms with Crippen LogP contribution >= 0.6 is 0 Å². The first-order chi connectivity index (χ1) is 10.6. The van der Waals surface area contributed by atoms with Crippen molar-refractivity contribution < 1.29 is 8.81 Å². The van der Waals surface area contributed by atoms with Gasteiger partial charge in [-0.2, -0.15) is 9.55 Å². The van der Waals surface area contributed by atoms with Crippen molar-refractivity contribution in [3.05, 3.63) is 80.9 Å². The van der Waals surface area contributed by atoms with Crippen LogP contribution in [0.2, 0.25) is 0 Å². The average Bonchev–Trinajstić information content (AvgIpc) is 2.49. The molecule has 0 spiro atoms. The summed E-state index contributed by atoms with van der Waals surface area (Å²) in [7, 11) is 0. The first-order valence-electron chi connectivity index (χ1n) is 6.52. The van der Waals surface area contributed by atoms with Crippen LogP contribution in [0.5, 0.6) is 0 Å². The molecule has 0 aliphatic heterocycles. The van der Waals surface area contributed by atoms with Crippen LogP contribution < -0.4 is 11.4 Å². The molecule has 0 N–H and O–H groups in total. The average molecular weight is 298 g/mol. The zero-order chi connectivity index (χ0) is 15.7. The SMILES string of the molecule is Cc1ccccc1-c1nc(=O)n(-c2ccc(F)cc2)c(=O)o1. The molecule has 2 aromatic carbocycles. The Morgan fingerprint density at radius 3 is 2.36 bits per heavy atom. The molecular weight excluding hydrogens is 287 g/mol. The summed E-state index contributed by atoms with van der Waals surface area (Å²) in [5, 5.41) is 0. The molecule has 0 saturated heterocycles. The maximum atomic E-state index is 12.9. The molecule has 0 saturated carbocycles. The van der Waals surface area contributed by atoms with E-state index in [0.717, 1.165) is 22.3 Å². The second kappa shape index (κ2) is 5.40. The van der Waals surface area contributed by atoms with Gasteiger partial charge in [-0.1, -0.05) is 18.2 Å². The van der Waals surface area contributed by atoms with Crippen molar-refractivity contribution in [2.45, 2.75) is 6.92 Å². The molecule has 0 aliphatic carbocycles. The number of aromatic nitrogens is 2. The van der Waals surface area contributed by atoms with Gasteiger partial charge in [0.25, 0.3) is 0 Å². The molecule has 1 heterocycles. The fraction of sp³-hybridized carbons (Fsp3) is 0.0625. The summed E-state index contributed by atoms with van der Waals surface area (Å²) < 4.78 is 18.8. The van der Waals surface area contributed by atoms with E-state index in [-0.39, 0.29) is 11.6 Å². The highest BCUT2D eigenvalue weighted by molar-refractivity contribution is 5.57. The van der Waals surface area contributed by atoms with E-state index in [0.29, 0.717) is 5.56 Å². The van der Waals surface area contributed by atoms with Gasteiger partial charge in [-0.15, -0.1) is 0 Å². The molecule has 0 aliphatic rings. The minimum absolute atomic E-state index is 0.0357. The van der Waals surface area contributed by atoms with E-state index >= 15 is 0 Å². The van der Waals surface area contributed by atoms with Gasteiger partial charge in [-0.3, -0.25) is 0 Å². The highest BCUT2D eigenvalue weighted by Gasteiger charge is 2.13. The second-order valence-electron chi connectivity index (χ2n) is 4.69. The Kier molecular flexibility index (Phi) is 3.42. The number of benzene rings is 2. The molecule has 0 fully saturated rings. The van der Waals surface area contributed by atoms with E-state index in [2.05, 4.69) is 4.98 Å². The summed E-state index contributed by atoms with van der Waals surface area (Å²) in [6.45, 7) is 1.82. The van der Waals surface area contributed by atoms with Crippen LogP contribution in [0.3, 0.4) is 0 Å². The topological polar surface area (TPSA) is 65.1 Å². The Balaban J connectivity index is 2.18. The minimum Gasteiger partial charge on any atom is -0.390 e. The number of halogens is 1. The van der Waals surface area contributed by atoms with Gasteiger partial charge in [0.15, 0.2) is 0 Å². The molecule has 5 nitrogen and oxygen atoms in total. The lowest BCUT2D eigenvalue weighted by Crippen LogP contribution is -2.33. The molecule has 0 bridgehead atoms. The van der Waals surface area contributed by atoms with Crippen molar-refractivity contribution in [3.8, 4) is 17.1 Å². The van der Waals surface area contributed by atoms with Crippen LogP contribution in [0.4, 0.5) is 4.39 Å². The molecule has 3 aromatic rings. The highest BCUT2D eigenvalue weighted by atomic mass is 19.1. The third-order valence-electron chi connectivity index (χ3n) is 3.22. The van der Waals surface area contributed by atoms with Gasteiger partial charge < -0.3 is 4.42 Å². The van der Waals surface area contributed by atoms with Crippen molar-refractivity contribution >= 4 is 0 Å². The van der Waals surface area contributed by atoms with Crippen molar-refractivity contribution in [1.29, 1.82) is 0 Å². The Labute approximate surface area is 124 Å². The lowest BCUT2D eigenvalue weighted by molar-refractivity contribution is 0.448. The van der Waals surface area contributed by atoms with E-state index in [1.165, 1.54) is 12.1 Å². The summed E-state index contributed by atoms with van der Waals surface area (Å²) >= 11 is 0. The molecule has 0 unspecified atom stereocenters. The predicted molar refractivity (Wildman–Crippen MR) is 78.5 cm³/mol. The van der Waals surface area contributed by atoms with E-state index < -0.39 is 17.3 Å². The van der Waals surface area contributed by atoms with E-state index in [1.54, 1.807) is 12.1 Å². The third-order valence-corrected chi connectivity index (χ3v) is 3.22. The Hall–Kier alpha value is -3.02. The summed E-state index contributed by atoms with van der Waals surface area (Å²) in [4.78, 5) is 28.0. The molecule has 110 valence electrons. The quantitative estimate of drug-likeness (QED) is 0.728. The normalized spacial score (nSPS) is 10.6. The number of hydrogen-bond donors (Lipinski definition) is 0. The fourth-order valence-corrected chi connectivity index (χ4v) is 2.10. The Bertz CT molecular complexity index is 911. The van der Waals surface area contributed by atoms with E-state index in [1.807, 2.05) is 19.1 Å². The standard InChI is InChI=1S/C16H11FN2O3/c1-10-4-2-3-5-13(10)14-18-15(20)19(16(21)22-14)12-8-6-11(17)7-9-12/h2-9H,1H3. The number of rotatable bonds is 2. The number of nitrogens with zero attached hydrogens (tertiary/aromatic N) is 2. The predicted octanol–water partition coefficient (Wildman–Crippen LogP) is 2.30. The van der Waals surface area contributed by atoms with Crippen molar-refractivity contribution in [3.63, 3.8) is 0 Å². The smallest absolute Gasteiger partial charge is 0.390 e. The molecule has 3 rings (SSSR count). The molecule has 22 heavy (non-hydrogen) atoms. The molecular formula is C16H11FN2O3. The van der Waals surface area contributed by atoms with Crippen LogP contribution in [-0.2, 0) is 0 Å². The molecule has 6 heteroatoms. The van der Waals surface area contributed by atoms with Crippen molar-refractivity contribution in [2.75, 3.05) is 0 Å². The maximum absolute atomic E-state index is 12.9. The molecule has 0 amide bonds. The molecule has 0 atom stereocenters. The summed E-state index contributed by atoms with van der Waals surface area (Å²) in [6.07, 6.45) is 0. The lowest BCUT2D eigenvalue weighted by atomic mass is 10.1. The number of hydrogen-bond acceptors (Lipinski definition) is 4. The monoisotopic (exact) mass is 298 g/mol. The summed E-state index contributed by atoms with van der Waals surface area (Å²) in [6, 6.07) is 12.0. The van der Waals surface area contributed by atoms with Gasteiger partial charge in [0.05, 0.1) is 5.69 Å². The van der Waals surface area contributed by atoms with Gasteiger partial charge >= 0.3 is 11.4 Å². The van der Waals surface area contributed by atoms with Crippen LogP contribution in [-0.4, -0.2) is 9.55 Å². The largest absolute Gasteiger partial charge is 0.429 e. The minimum atomic E-state index is -0.870. The van der Waals surface area contributed by atoms with Gasteiger partial charge in [0, 0.05) is 5.56 Å². The fourth-order valence-electron chi connectivity index (χ4n) is 2.10. The van der Waals surface area contributed by atoms with Gasteiger partial charge in [-0.25, -0.2) is 14.0 Å². The maximum Gasteiger partial charge on any atom is 0.429 e. The first kappa shape index (κ1) is 13.9. The van der Waals surface area contributed by atoms with E-state index in [9.17, 15) is 14.0 Å². The Morgan fingerprint density at radius 1 is 1.05 bits per heavy atom. The van der Waals surface area contributed by atoms with Crippen LogP contribution in [0, 0.1) is 12.7 Å². The third kappa shape index (κ3) is 2.46.